The van der Waals surface area contributed by atoms with Crippen LogP contribution in [0.15, 0.2) is 72.9 Å². The summed E-state index contributed by atoms with van der Waals surface area (Å²) in [6.07, 6.45) is 2.30. The number of aromatic amines is 1. The van der Waals surface area contributed by atoms with Gasteiger partial charge in [-0.05, 0) is 47.0 Å². The predicted molar refractivity (Wildman–Crippen MR) is 121 cm³/mol. The molecule has 1 unspecified atom stereocenters. The van der Waals surface area contributed by atoms with Gasteiger partial charge in [-0.25, -0.2) is 0 Å². The lowest BCUT2D eigenvalue weighted by molar-refractivity contribution is -0.121. The summed E-state index contributed by atoms with van der Waals surface area (Å²) in [6, 6.07) is 21.5. The van der Waals surface area contributed by atoms with Gasteiger partial charge in [-0.15, -0.1) is 0 Å². The zero-order valence-corrected chi connectivity index (χ0v) is 17.5. The minimum Gasteiger partial charge on any atom is -0.454 e. The van der Waals surface area contributed by atoms with Crippen LogP contribution in [0.3, 0.4) is 0 Å². The normalized spacial score (nSPS) is 13.3. The highest BCUT2D eigenvalue weighted by Crippen LogP contribution is 2.35. The molecule has 0 bridgehead atoms. The monoisotopic (exact) mass is 432 g/mol. The number of carbonyl (C=O) groups excluding carboxylic acids is 1. The van der Waals surface area contributed by atoms with Crippen LogP contribution < -0.4 is 14.8 Å². The highest BCUT2D eigenvalue weighted by Gasteiger charge is 2.22. The molecule has 6 heteroatoms. The lowest BCUT2D eigenvalue weighted by Crippen LogP contribution is -2.25. The first-order valence-electron chi connectivity index (χ1n) is 10.1. The van der Waals surface area contributed by atoms with Gasteiger partial charge < -0.3 is 19.8 Å². The van der Waals surface area contributed by atoms with Crippen LogP contribution >= 0.6 is 11.6 Å². The molecule has 156 valence electrons. The van der Waals surface area contributed by atoms with Crippen molar-refractivity contribution in [2.75, 3.05) is 6.79 Å². The van der Waals surface area contributed by atoms with Gasteiger partial charge in [-0.3, -0.25) is 4.79 Å². The van der Waals surface area contributed by atoms with E-state index in [0.29, 0.717) is 23.7 Å². The highest BCUT2D eigenvalue weighted by molar-refractivity contribution is 6.30. The maximum absolute atomic E-state index is 12.9. The zero-order valence-electron chi connectivity index (χ0n) is 16.7. The summed E-state index contributed by atoms with van der Waals surface area (Å²) < 4.78 is 10.8. The van der Waals surface area contributed by atoms with Crippen LogP contribution in [-0.2, 0) is 11.3 Å². The Morgan fingerprint density at radius 1 is 1.03 bits per heavy atom. The number of hydrogen-bond acceptors (Lipinski definition) is 3. The molecular weight excluding hydrogens is 412 g/mol. The summed E-state index contributed by atoms with van der Waals surface area (Å²) in [5.41, 5.74) is 4.10. The van der Waals surface area contributed by atoms with Crippen LogP contribution in [0.2, 0.25) is 5.02 Å². The lowest BCUT2D eigenvalue weighted by Gasteiger charge is -2.18. The molecule has 2 heterocycles. The van der Waals surface area contributed by atoms with Crippen molar-refractivity contribution in [1.82, 2.24) is 10.3 Å². The van der Waals surface area contributed by atoms with Crippen molar-refractivity contribution in [1.29, 1.82) is 0 Å². The molecule has 4 aromatic rings. The van der Waals surface area contributed by atoms with E-state index in [9.17, 15) is 4.79 Å². The number of nitrogens with one attached hydrogen (secondary N) is 2. The van der Waals surface area contributed by atoms with Crippen LogP contribution in [0.4, 0.5) is 0 Å². The number of halogens is 1. The van der Waals surface area contributed by atoms with Crippen LogP contribution in [-0.4, -0.2) is 17.7 Å². The maximum Gasteiger partial charge on any atom is 0.231 e. The van der Waals surface area contributed by atoms with Crippen LogP contribution in [0, 0.1) is 0 Å². The smallest absolute Gasteiger partial charge is 0.231 e. The number of ether oxygens (including phenoxy) is 2. The van der Waals surface area contributed by atoms with Gasteiger partial charge >= 0.3 is 0 Å². The van der Waals surface area contributed by atoms with Gasteiger partial charge in [0.1, 0.15) is 0 Å². The second kappa shape index (κ2) is 8.36. The number of benzene rings is 3. The molecule has 5 rings (SSSR count). The van der Waals surface area contributed by atoms with E-state index in [1.165, 1.54) is 0 Å². The number of amides is 1. The van der Waals surface area contributed by atoms with E-state index in [0.717, 1.165) is 33.3 Å². The summed E-state index contributed by atoms with van der Waals surface area (Å²) in [4.78, 5) is 16.3. The number of carbonyl (C=O) groups is 1. The van der Waals surface area contributed by atoms with Crippen molar-refractivity contribution >= 4 is 28.4 Å². The van der Waals surface area contributed by atoms with Gasteiger partial charge in [0, 0.05) is 41.0 Å². The molecule has 0 radical (unpaired) electrons. The predicted octanol–water partition coefficient (Wildman–Crippen LogP) is 5.39. The summed E-state index contributed by atoms with van der Waals surface area (Å²) in [6.45, 7) is 0.655. The van der Waals surface area contributed by atoms with E-state index in [4.69, 9.17) is 21.1 Å². The fourth-order valence-electron chi connectivity index (χ4n) is 4.02. The zero-order chi connectivity index (χ0) is 21.2. The molecule has 3 aromatic carbocycles. The van der Waals surface area contributed by atoms with Crippen molar-refractivity contribution in [3.63, 3.8) is 0 Å². The maximum atomic E-state index is 12.9. The molecular formula is C25H21ClN2O3. The average molecular weight is 433 g/mol. The third-order valence-corrected chi connectivity index (χ3v) is 5.80. The molecule has 2 N–H and O–H groups in total. The Bertz CT molecular complexity index is 1250. The Kier molecular flexibility index (Phi) is 5.26. The number of hydrogen-bond donors (Lipinski definition) is 2. The topological polar surface area (TPSA) is 63.4 Å². The van der Waals surface area contributed by atoms with Crippen molar-refractivity contribution in [3.8, 4) is 11.5 Å². The van der Waals surface area contributed by atoms with Gasteiger partial charge in [-0.2, -0.15) is 0 Å². The summed E-state index contributed by atoms with van der Waals surface area (Å²) in [7, 11) is 0. The van der Waals surface area contributed by atoms with Crippen molar-refractivity contribution in [2.24, 2.45) is 0 Å². The van der Waals surface area contributed by atoms with Crippen LogP contribution in [0.5, 0.6) is 11.5 Å². The molecule has 0 aliphatic carbocycles. The number of para-hydroxylation sites is 1. The third-order valence-electron chi connectivity index (χ3n) is 5.56. The molecule has 0 fully saturated rings. The molecule has 31 heavy (non-hydrogen) atoms. The minimum absolute atomic E-state index is 0.0343. The van der Waals surface area contributed by atoms with Crippen LogP contribution in [0.1, 0.15) is 29.0 Å². The van der Waals surface area contributed by atoms with E-state index in [2.05, 4.69) is 16.4 Å². The molecule has 1 aliphatic rings. The molecule has 5 nitrogen and oxygen atoms in total. The quantitative estimate of drug-likeness (QED) is 0.429. The number of fused-ring (bicyclic) bond motifs is 2. The van der Waals surface area contributed by atoms with Crippen molar-refractivity contribution in [2.45, 2.75) is 18.9 Å². The van der Waals surface area contributed by atoms with E-state index in [1.807, 2.05) is 66.9 Å². The standard InChI is InChI=1S/C25H21ClN2O3/c26-18-5-3-4-17(11-18)20(21-14-27-22-7-2-1-6-19(21)22)12-25(29)28-13-16-8-9-23-24(10-16)31-15-30-23/h1-11,14,20,27H,12-13,15H2,(H,28,29). The Balaban J connectivity index is 1.37. The second-order valence-corrected chi connectivity index (χ2v) is 8.00. The van der Waals surface area contributed by atoms with Crippen molar-refractivity contribution in [3.05, 3.63) is 94.6 Å². The van der Waals surface area contributed by atoms with Gasteiger partial charge in [0.25, 0.3) is 0 Å². The van der Waals surface area contributed by atoms with Gasteiger partial charge in [0.05, 0.1) is 0 Å². The summed E-state index contributed by atoms with van der Waals surface area (Å²) in [5.74, 6) is 1.29. The first kappa shape index (κ1) is 19.5. The second-order valence-electron chi connectivity index (χ2n) is 7.57. The number of aromatic nitrogens is 1. The molecule has 1 aliphatic heterocycles. The van der Waals surface area contributed by atoms with Crippen molar-refractivity contribution < 1.29 is 14.3 Å². The van der Waals surface area contributed by atoms with Gasteiger partial charge in [0.2, 0.25) is 12.7 Å². The summed E-state index contributed by atoms with van der Waals surface area (Å²) >= 11 is 6.26. The first-order valence-corrected chi connectivity index (χ1v) is 10.5. The highest BCUT2D eigenvalue weighted by atomic mass is 35.5. The molecule has 1 atom stereocenters. The summed E-state index contributed by atoms with van der Waals surface area (Å²) in [5, 5.41) is 4.80. The van der Waals surface area contributed by atoms with E-state index >= 15 is 0 Å². The minimum atomic E-state index is -0.119. The van der Waals surface area contributed by atoms with E-state index < -0.39 is 0 Å². The Morgan fingerprint density at radius 3 is 2.81 bits per heavy atom. The first-order chi connectivity index (χ1) is 15.2. The Labute approximate surface area is 184 Å². The number of rotatable bonds is 6. The molecule has 0 spiro atoms. The van der Waals surface area contributed by atoms with E-state index in [1.54, 1.807) is 0 Å². The Hall–Kier alpha value is -3.44. The number of H-pyrrole nitrogens is 1. The van der Waals surface area contributed by atoms with E-state index in [-0.39, 0.29) is 18.6 Å². The fourth-order valence-corrected chi connectivity index (χ4v) is 4.22. The molecule has 0 saturated carbocycles. The lowest BCUT2D eigenvalue weighted by atomic mass is 9.88. The molecule has 0 saturated heterocycles. The molecule has 1 aromatic heterocycles. The SMILES string of the molecule is O=C(CC(c1cccc(Cl)c1)c1c[nH]c2ccccc12)NCc1ccc2c(c1)OCO2. The van der Waals surface area contributed by atoms with Gasteiger partial charge in [-0.1, -0.05) is 48.0 Å². The Morgan fingerprint density at radius 2 is 1.90 bits per heavy atom. The fraction of sp³-hybridized carbons (Fsp3) is 0.160. The van der Waals surface area contributed by atoms with Crippen LogP contribution in [0.25, 0.3) is 10.9 Å². The average Bonchev–Trinajstić information content (AvgIpc) is 3.42. The van der Waals surface area contributed by atoms with Gasteiger partial charge in [0.15, 0.2) is 11.5 Å². The largest absolute Gasteiger partial charge is 0.454 e. The third kappa shape index (κ3) is 4.09. The molecule has 1 amide bonds.